The Hall–Kier alpha value is -0.160. The lowest BCUT2D eigenvalue weighted by Crippen LogP contribution is -2.07. The van der Waals surface area contributed by atoms with Gasteiger partial charge in [-0.15, -0.1) is 0 Å². The van der Waals surface area contributed by atoms with Gasteiger partial charge in [-0.25, -0.2) is 0 Å². The third-order valence-electron chi connectivity index (χ3n) is 0.111. The average Bonchev–Trinajstić information content (AvgIpc) is 0.722. The van der Waals surface area contributed by atoms with E-state index in [4.69, 9.17) is 0 Å². The van der Waals surface area contributed by atoms with Crippen LogP contribution in [0.15, 0.2) is 0 Å². The first-order valence-electron chi connectivity index (χ1n) is 0.667. The average molecular weight is 64.0 g/mol. The van der Waals surface area contributed by atoms with Gasteiger partial charge in [0.05, 0.1) is 0 Å². The fourth-order valence-electron chi connectivity index (χ4n) is 0.0278. The molecular weight excluding hydrogens is 64.0 g/mol. The minimum absolute atomic E-state index is 3.50. The SMILES string of the molecule is O1OOO1. The summed E-state index contributed by atoms with van der Waals surface area (Å²) >= 11 is 0. The van der Waals surface area contributed by atoms with E-state index < -0.39 is 0 Å². The molecule has 0 saturated carbocycles. The molecular formula is O4. The van der Waals surface area contributed by atoms with Crippen LogP contribution in [0.3, 0.4) is 0 Å². The molecule has 0 aliphatic carbocycles. The summed E-state index contributed by atoms with van der Waals surface area (Å²) < 4.78 is 0. The topological polar surface area (TPSA) is 36.9 Å². The second-order valence-corrected chi connectivity index (χ2v) is 0.272. The summed E-state index contributed by atoms with van der Waals surface area (Å²) in [6.45, 7) is 0. The van der Waals surface area contributed by atoms with Gasteiger partial charge in [0.2, 0.25) is 0 Å². The summed E-state index contributed by atoms with van der Waals surface area (Å²) in [4.78, 5) is 0. The standard InChI is InChI=1S/O4/c1-2-4-3-1. The number of hydrogen-bond donors (Lipinski definition) is 0. The molecule has 4 heteroatoms. The van der Waals surface area contributed by atoms with Crippen molar-refractivity contribution in [3.8, 4) is 0 Å². The van der Waals surface area contributed by atoms with Crippen molar-refractivity contribution in [2.24, 2.45) is 0 Å². The van der Waals surface area contributed by atoms with Gasteiger partial charge in [-0.1, -0.05) is 0 Å². The second-order valence-electron chi connectivity index (χ2n) is 0.272. The van der Waals surface area contributed by atoms with E-state index in [1.807, 2.05) is 0 Å². The Kier molecular flexibility index (Phi) is 0.342. The molecule has 0 unspecified atom stereocenters. The van der Waals surface area contributed by atoms with Gasteiger partial charge in [-0.2, -0.15) is 0 Å². The third kappa shape index (κ3) is 0.0880. The maximum atomic E-state index is 3.50. The van der Waals surface area contributed by atoms with Crippen molar-refractivity contribution in [1.29, 1.82) is 0 Å². The quantitative estimate of drug-likeness (QED) is 0.363. The zero-order chi connectivity index (χ0) is 2.83. The van der Waals surface area contributed by atoms with Crippen molar-refractivity contribution < 1.29 is 20.2 Å². The van der Waals surface area contributed by atoms with Crippen LogP contribution in [-0.2, 0) is 20.2 Å². The molecule has 0 N–H and O–H groups in total. The first kappa shape index (κ1) is 2.10. The van der Waals surface area contributed by atoms with Gasteiger partial charge in [-0.3, -0.25) is 0 Å². The van der Waals surface area contributed by atoms with Crippen molar-refractivity contribution in [3.05, 3.63) is 0 Å². The van der Waals surface area contributed by atoms with E-state index in [0.717, 1.165) is 0 Å². The van der Waals surface area contributed by atoms with Crippen molar-refractivity contribution >= 4 is 0 Å². The predicted molar refractivity (Wildman–Crippen MR) is 4.34 cm³/mol. The Bertz CT molecular complexity index is 8.00. The Morgan fingerprint density at radius 1 is 0.500 bits per heavy atom. The van der Waals surface area contributed by atoms with Crippen LogP contribution in [-0.4, -0.2) is 0 Å². The summed E-state index contributed by atoms with van der Waals surface area (Å²) in [7, 11) is 0. The molecule has 4 heavy (non-hydrogen) atoms. The van der Waals surface area contributed by atoms with Gasteiger partial charge in [0.25, 0.3) is 0 Å². The summed E-state index contributed by atoms with van der Waals surface area (Å²) in [5.41, 5.74) is 0. The van der Waals surface area contributed by atoms with Crippen LogP contribution in [0, 0.1) is 0 Å². The highest BCUT2D eigenvalue weighted by Gasteiger charge is 2.00. The van der Waals surface area contributed by atoms with Crippen molar-refractivity contribution in [2.75, 3.05) is 0 Å². The predicted octanol–water partition coefficient (Wildman–Crippen LogP) is -0.274. The van der Waals surface area contributed by atoms with E-state index in [1.54, 1.807) is 0 Å². The lowest BCUT2D eigenvalue weighted by molar-refractivity contribution is -0.914. The van der Waals surface area contributed by atoms with Crippen LogP contribution >= 0.6 is 0 Å². The molecule has 1 saturated heterocycles. The van der Waals surface area contributed by atoms with E-state index in [0.29, 0.717) is 0 Å². The maximum Gasteiger partial charge on any atom is 0 e. The van der Waals surface area contributed by atoms with Crippen LogP contribution in [0.25, 0.3) is 0 Å². The van der Waals surface area contributed by atoms with Gasteiger partial charge in [0.1, 0.15) is 0 Å². The van der Waals surface area contributed by atoms with Crippen LogP contribution in [0.1, 0.15) is 0 Å². The summed E-state index contributed by atoms with van der Waals surface area (Å²) in [6.07, 6.45) is 0. The highest BCUT2D eigenvalue weighted by molar-refractivity contribution is 3.09. The van der Waals surface area contributed by atoms with E-state index in [1.165, 1.54) is 0 Å². The Morgan fingerprint density at radius 2 is 0.750 bits per heavy atom. The maximum absolute atomic E-state index is 3.50. The lowest BCUT2D eigenvalue weighted by Gasteiger charge is -2.00. The summed E-state index contributed by atoms with van der Waals surface area (Å²) in [5.74, 6) is 0. The summed E-state index contributed by atoms with van der Waals surface area (Å²) in [5, 5.41) is 14.0. The molecule has 1 heterocycles. The first-order chi connectivity index (χ1) is 2.00. The molecule has 1 fully saturated rings. The first-order valence-corrected chi connectivity index (χ1v) is 0.667. The van der Waals surface area contributed by atoms with Crippen LogP contribution < -0.4 is 0 Å². The molecule has 1 aliphatic heterocycles. The minimum Gasteiger partial charge on any atom is 0 e. The molecule has 0 aromatic heterocycles. The van der Waals surface area contributed by atoms with E-state index in [2.05, 4.69) is 20.2 Å². The molecule has 0 bridgehead atoms. The van der Waals surface area contributed by atoms with Crippen LogP contribution in [0.4, 0.5) is 0 Å². The zero-order valence-electron chi connectivity index (χ0n) is 1.63. The highest BCUT2D eigenvalue weighted by atomic mass is 18.0. The second kappa shape index (κ2) is 0.652. The lowest BCUT2D eigenvalue weighted by atomic mass is 14.0. The molecule has 0 radical (unpaired) electrons. The van der Waals surface area contributed by atoms with Crippen LogP contribution in [0.2, 0.25) is 0 Å². The summed E-state index contributed by atoms with van der Waals surface area (Å²) in [6, 6.07) is 0. The fourth-order valence-corrected chi connectivity index (χ4v) is 0.0278. The monoisotopic (exact) mass is 64.0 g/mol. The van der Waals surface area contributed by atoms with Gasteiger partial charge in [0.15, 0.2) is 0 Å². The zero-order valence-corrected chi connectivity index (χ0v) is 1.63. The largest absolute Gasteiger partial charge is 0 e. The molecule has 0 aromatic rings. The Labute approximate surface area is 21.5 Å². The molecule has 0 amide bonds. The molecule has 0 aromatic carbocycles. The number of hydrogen-bond acceptors (Lipinski definition) is 4. The molecule has 4 nitrogen and oxygen atoms in total. The van der Waals surface area contributed by atoms with Gasteiger partial charge >= 0.3 is 0 Å². The van der Waals surface area contributed by atoms with Gasteiger partial charge < -0.3 is 0 Å². The Morgan fingerprint density at radius 3 is 0.750 bits per heavy atom. The van der Waals surface area contributed by atoms with E-state index >= 15 is 0 Å². The van der Waals surface area contributed by atoms with Gasteiger partial charge in [0, 0.05) is 20.2 Å². The molecule has 1 aliphatic rings. The van der Waals surface area contributed by atoms with Crippen molar-refractivity contribution in [1.82, 2.24) is 0 Å². The fraction of sp³-hybridized carbons (Fsp3) is 0. The minimum atomic E-state index is 3.50. The highest BCUT2D eigenvalue weighted by Crippen LogP contribution is 1.93. The van der Waals surface area contributed by atoms with E-state index in [-0.39, 0.29) is 0 Å². The van der Waals surface area contributed by atoms with Crippen molar-refractivity contribution in [3.63, 3.8) is 0 Å². The van der Waals surface area contributed by atoms with Crippen LogP contribution in [0.5, 0.6) is 0 Å². The molecule has 24 valence electrons. The smallest absolute Gasteiger partial charge is 0 e. The molecule has 0 spiro atoms. The number of rotatable bonds is 0. The Balaban J connectivity index is 2.00. The van der Waals surface area contributed by atoms with Gasteiger partial charge in [-0.05, 0) is 0 Å². The normalized spacial score (nSPS) is 24.0. The van der Waals surface area contributed by atoms with Crippen molar-refractivity contribution in [2.45, 2.75) is 0 Å². The molecule has 1 rings (SSSR count). The van der Waals surface area contributed by atoms with E-state index in [9.17, 15) is 0 Å². The molecule has 0 atom stereocenters. The third-order valence-corrected chi connectivity index (χ3v) is 0.111.